The first-order valence-electron chi connectivity index (χ1n) is 7.11. The predicted octanol–water partition coefficient (Wildman–Crippen LogP) is 2.57. The zero-order chi connectivity index (χ0) is 17.1. The van der Waals surface area contributed by atoms with Crippen molar-refractivity contribution < 1.29 is 13.6 Å². The van der Waals surface area contributed by atoms with Gasteiger partial charge < -0.3 is 5.32 Å². The number of carbonyl (C=O) groups is 1. The van der Waals surface area contributed by atoms with Crippen LogP contribution in [-0.2, 0) is 11.3 Å². The largest absolute Gasteiger partial charge is 0.319 e. The number of rotatable bonds is 4. The van der Waals surface area contributed by atoms with E-state index in [9.17, 15) is 13.6 Å². The monoisotopic (exact) mass is 329 g/mol. The van der Waals surface area contributed by atoms with Crippen LogP contribution in [0.4, 0.5) is 14.5 Å². The highest BCUT2D eigenvalue weighted by molar-refractivity contribution is 5.90. The van der Waals surface area contributed by atoms with Crippen LogP contribution in [0.5, 0.6) is 0 Å². The number of tetrazole rings is 1. The number of nitrogens with zero attached hydrogens (tertiary/aromatic N) is 4. The molecular weight excluding hydrogens is 316 g/mol. The molecule has 1 N–H and O–H groups in total. The van der Waals surface area contributed by atoms with Gasteiger partial charge in [0.15, 0.2) is 0 Å². The summed E-state index contributed by atoms with van der Waals surface area (Å²) >= 11 is 0. The van der Waals surface area contributed by atoms with Crippen molar-refractivity contribution in [3.05, 3.63) is 59.7 Å². The fourth-order valence-electron chi connectivity index (χ4n) is 2.05. The molecule has 122 valence electrons. The lowest BCUT2D eigenvalue weighted by Crippen LogP contribution is -2.21. The number of aromatic nitrogens is 4. The average Bonchev–Trinajstić information content (AvgIpc) is 3.00. The first kappa shape index (κ1) is 15.7. The Morgan fingerprint density at radius 3 is 2.46 bits per heavy atom. The van der Waals surface area contributed by atoms with E-state index in [1.54, 1.807) is 0 Å². The molecule has 2 aromatic carbocycles. The van der Waals surface area contributed by atoms with Crippen molar-refractivity contribution in [1.29, 1.82) is 0 Å². The number of hydrogen-bond acceptors (Lipinski definition) is 4. The Morgan fingerprint density at radius 2 is 1.79 bits per heavy atom. The Morgan fingerprint density at radius 1 is 1.12 bits per heavy atom. The van der Waals surface area contributed by atoms with Gasteiger partial charge in [0, 0.05) is 5.56 Å². The number of amides is 1. The summed E-state index contributed by atoms with van der Waals surface area (Å²) in [5, 5.41) is 13.9. The Balaban J connectivity index is 1.70. The summed E-state index contributed by atoms with van der Waals surface area (Å²) in [5.41, 5.74) is 1.35. The Bertz CT molecular complexity index is 856. The second kappa shape index (κ2) is 6.53. The van der Waals surface area contributed by atoms with Gasteiger partial charge >= 0.3 is 0 Å². The van der Waals surface area contributed by atoms with Gasteiger partial charge in [-0.1, -0.05) is 35.9 Å². The van der Waals surface area contributed by atoms with Crippen molar-refractivity contribution in [3.63, 3.8) is 0 Å². The summed E-state index contributed by atoms with van der Waals surface area (Å²) in [6.07, 6.45) is 0. The van der Waals surface area contributed by atoms with Crippen LogP contribution in [0.1, 0.15) is 5.56 Å². The van der Waals surface area contributed by atoms with E-state index in [2.05, 4.69) is 20.7 Å². The van der Waals surface area contributed by atoms with Gasteiger partial charge in [0.05, 0.1) is 0 Å². The molecule has 8 heteroatoms. The summed E-state index contributed by atoms with van der Waals surface area (Å²) in [6.45, 7) is 1.65. The van der Waals surface area contributed by atoms with Crippen molar-refractivity contribution >= 4 is 11.6 Å². The van der Waals surface area contributed by atoms with Gasteiger partial charge in [0.1, 0.15) is 23.9 Å². The molecular formula is C16H13F2N5O. The minimum absolute atomic E-state index is 0.313. The molecule has 3 rings (SSSR count). The standard InChI is InChI=1S/C16H13F2N5O/c1-10-5-7-11(8-6-10)16-20-22-23(21-16)9-14(24)19-15-12(17)3-2-4-13(15)18/h2-8H,9H2,1H3,(H,19,24). The molecule has 0 aliphatic rings. The fourth-order valence-corrected chi connectivity index (χ4v) is 2.05. The van der Waals surface area contributed by atoms with E-state index >= 15 is 0 Å². The molecule has 1 heterocycles. The van der Waals surface area contributed by atoms with Gasteiger partial charge in [-0.15, -0.1) is 10.2 Å². The van der Waals surface area contributed by atoms with Crippen LogP contribution in [0.25, 0.3) is 11.4 Å². The molecule has 0 saturated heterocycles. The number of para-hydroxylation sites is 1. The third kappa shape index (κ3) is 3.43. The molecule has 0 aliphatic heterocycles. The Kier molecular flexibility index (Phi) is 4.28. The number of benzene rings is 2. The van der Waals surface area contributed by atoms with Gasteiger partial charge in [-0.2, -0.15) is 4.80 Å². The number of hydrogen-bond donors (Lipinski definition) is 1. The lowest BCUT2D eigenvalue weighted by Gasteiger charge is -2.06. The number of anilines is 1. The topological polar surface area (TPSA) is 72.7 Å². The van der Waals surface area contributed by atoms with Crippen LogP contribution in [0, 0.1) is 18.6 Å². The van der Waals surface area contributed by atoms with E-state index in [0.29, 0.717) is 5.82 Å². The maximum absolute atomic E-state index is 13.5. The first-order valence-corrected chi connectivity index (χ1v) is 7.11. The van der Waals surface area contributed by atoms with Gasteiger partial charge in [0.2, 0.25) is 11.7 Å². The molecule has 0 saturated carbocycles. The number of aryl methyl sites for hydroxylation is 1. The van der Waals surface area contributed by atoms with Crippen molar-refractivity contribution in [3.8, 4) is 11.4 Å². The fraction of sp³-hybridized carbons (Fsp3) is 0.125. The minimum Gasteiger partial charge on any atom is -0.319 e. The molecule has 1 aromatic heterocycles. The summed E-state index contributed by atoms with van der Waals surface area (Å²) in [7, 11) is 0. The quantitative estimate of drug-likeness (QED) is 0.798. The second-order valence-corrected chi connectivity index (χ2v) is 5.15. The summed E-state index contributed by atoms with van der Waals surface area (Å²) in [6, 6.07) is 10.8. The van der Waals surface area contributed by atoms with Crippen LogP contribution in [-0.4, -0.2) is 26.1 Å². The predicted molar refractivity (Wildman–Crippen MR) is 83.0 cm³/mol. The van der Waals surface area contributed by atoms with Gasteiger partial charge in [-0.3, -0.25) is 4.79 Å². The normalized spacial score (nSPS) is 10.6. The zero-order valence-electron chi connectivity index (χ0n) is 12.7. The van der Waals surface area contributed by atoms with E-state index in [1.807, 2.05) is 31.2 Å². The summed E-state index contributed by atoms with van der Waals surface area (Å²) in [5.74, 6) is -2.00. The lowest BCUT2D eigenvalue weighted by atomic mass is 10.1. The van der Waals surface area contributed by atoms with Crippen LogP contribution < -0.4 is 5.32 Å². The highest BCUT2D eigenvalue weighted by atomic mass is 19.1. The average molecular weight is 329 g/mol. The van der Waals surface area contributed by atoms with Crippen molar-refractivity contribution in [2.45, 2.75) is 13.5 Å². The summed E-state index contributed by atoms with van der Waals surface area (Å²) in [4.78, 5) is 13.0. The molecule has 0 spiro atoms. The zero-order valence-corrected chi connectivity index (χ0v) is 12.7. The Labute approximate surface area is 136 Å². The van der Waals surface area contributed by atoms with Crippen molar-refractivity contribution in [2.24, 2.45) is 0 Å². The van der Waals surface area contributed by atoms with Crippen LogP contribution in [0.2, 0.25) is 0 Å². The van der Waals surface area contributed by atoms with Gasteiger partial charge in [0.25, 0.3) is 0 Å². The third-order valence-electron chi connectivity index (χ3n) is 3.27. The van der Waals surface area contributed by atoms with Crippen molar-refractivity contribution in [1.82, 2.24) is 20.2 Å². The molecule has 24 heavy (non-hydrogen) atoms. The molecule has 0 atom stereocenters. The smallest absolute Gasteiger partial charge is 0.248 e. The highest BCUT2D eigenvalue weighted by Gasteiger charge is 2.14. The minimum atomic E-state index is -0.852. The van der Waals surface area contributed by atoms with Crippen LogP contribution >= 0.6 is 0 Å². The van der Waals surface area contributed by atoms with Gasteiger partial charge in [-0.05, 0) is 24.3 Å². The van der Waals surface area contributed by atoms with E-state index < -0.39 is 23.2 Å². The highest BCUT2D eigenvalue weighted by Crippen LogP contribution is 2.18. The first-order chi connectivity index (χ1) is 11.5. The van der Waals surface area contributed by atoms with Gasteiger partial charge in [-0.25, -0.2) is 8.78 Å². The molecule has 0 unspecified atom stereocenters. The third-order valence-corrected chi connectivity index (χ3v) is 3.27. The molecule has 6 nitrogen and oxygen atoms in total. The maximum Gasteiger partial charge on any atom is 0.248 e. The van der Waals surface area contributed by atoms with Crippen LogP contribution in [0.3, 0.4) is 0 Å². The van der Waals surface area contributed by atoms with E-state index in [1.165, 1.54) is 6.07 Å². The molecule has 0 radical (unpaired) electrons. The molecule has 1 amide bonds. The maximum atomic E-state index is 13.5. The molecule has 0 aliphatic carbocycles. The lowest BCUT2D eigenvalue weighted by molar-refractivity contribution is -0.117. The Hall–Kier alpha value is -3.16. The van der Waals surface area contributed by atoms with Crippen LogP contribution in [0.15, 0.2) is 42.5 Å². The molecule has 3 aromatic rings. The SMILES string of the molecule is Cc1ccc(-c2nnn(CC(=O)Nc3c(F)cccc3F)n2)cc1. The molecule has 0 fully saturated rings. The number of nitrogens with one attached hydrogen (secondary N) is 1. The van der Waals surface area contributed by atoms with E-state index in [4.69, 9.17) is 0 Å². The molecule has 0 bridgehead atoms. The second-order valence-electron chi connectivity index (χ2n) is 5.15. The summed E-state index contributed by atoms with van der Waals surface area (Å²) < 4.78 is 27.0. The number of halogens is 2. The van der Waals surface area contributed by atoms with E-state index in [0.717, 1.165) is 28.1 Å². The van der Waals surface area contributed by atoms with E-state index in [-0.39, 0.29) is 6.54 Å². The van der Waals surface area contributed by atoms with Crippen molar-refractivity contribution in [2.75, 3.05) is 5.32 Å². The number of carbonyl (C=O) groups excluding carboxylic acids is 1.